The van der Waals surface area contributed by atoms with Crippen molar-refractivity contribution in [1.82, 2.24) is 25.4 Å². The molecule has 0 spiro atoms. The van der Waals surface area contributed by atoms with E-state index in [2.05, 4.69) is 26.1 Å². The van der Waals surface area contributed by atoms with E-state index in [0.29, 0.717) is 18.4 Å². The molecule has 152 valence electrons. The lowest BCUT2D eigenvalue weighted by molar-refractivity contribution is -0.119. The highest BCUT2D eigenvalue weighted by Crippen LogP contribution is 2.36. The average Bonchev–Trinajstić information content (AvgIpc) is 3.42. The Morgan fingerprint density at radius 2 is 2.21 bits per heavy atom. The molecule has 2 heterocycles. The highest BCUT2D eigenvalue weighted by molar-refractivity contribution is 5.81. The zero-order valence-corrected chi connectivity index (χ0v) is 15.1. The van der Waals surface area contributed by atoms with Crippen LogP contribution in [-0.2, 0) is 11.2 Å². The first kappa shape index (κ1) is 18.8. The number of rotatable bonds is 7. The number of hydrogen-bond acceptors (Lipinski definition) is 9. The standard InChI is InChI=1S/C17H17FN6O5/c18-10-3-1-9-2-4-12(11(9)7-10)24-16(23-28-17(24)27)14-15(22-29-21-14)20-8-13(26)19-5-6-25/h1,3,7,12,25H,2,4-6,8H2,(H,19,26)(H,20,22). The normalized spacial score (nSPS) is 15.3. The molecule has 1 atom stereocenters. The van der Waals surface area contributed by atoms with Crippen LogP contribution in [-0.4, -0.2) is 50.7 Å². The second-order valence-corrected chi connectivity index (χ2v) is 6.43. The van der Waals surface area contributed by atoms with Crippen LogP contribution in [0.25, 0.3) is 11.5 Å². The number of nitrogens with zero attached hydrogens (tertiary/aromatic N) is 4. The molecule has 1 aromatic carbocycles. The highest BCUT2D eigenvalue weighted by atomic mass is 19.1. The van der Waals surface area contributed by atoms with Crippen LogP contribution in [0.4, 0.5) is 10.2 Å². The number of benzene rings is 1. The first-order valence-corrected chi connectivity index (χ1v) is 8.89. The molecule has 1 aliphatic carbocycles. The van der Waals surface area contributed by atoms with Crippen molar-refractivity contribution >= 4 is 11.7 Å². The van der Waals surface area contributed by atoms with Crippen molar-refractivity contribution in [3.63, 3.8) is 0 Å². The van der Waals surface area contributed by atoms with Crippen molar-refractivity contribution < 1.29 is 23.4 Å². The van der Waals surface area contributed by atoms with Gasteiger partial charge in [-0.1, -0.05) is 11.2 Å². The Bertz CT molecular complexity index is 1090. The Labute approximate surface area is 162 Å². The van der Waals surface area contributed by atoms with Gasteiger partial charge in [0.2, 0.25) is 17.5 Å². The van der Waals surface area contributed by atoms with Gasteiger partial charge in [-0.15, -0.1) is 0 Å². The second-order valence-electron chi connectivity index (χ2n) is 6.43. The molecule has 1 aliphatic rings. The molecule has 0 aliphatic heterocycles. The summed E-state index contributed by atoms with van der Waals surface area (Å²) in [5.74, 6) is -1.37. The van der Waals surface area contributed by atoms with E-state index in [9.17, 15) is 14.0 Å². The molecule has 0 saturated heterocycles. The van der Waals surface area contributed by atoms with Gasteiger partial charge in [0, 0.05) is 6.54 Å². The van der Waals surface area contributed by atoms with Crippen LogP contribution < -0.4 is 16.4 Å². The number of aromatic nitrogens is 4. The van der Waals surface area contributed by atoms with Crippen molar-refractivity contribution in [2.45, 2.75) is 18.9 Å². The molecule has 1 unspecified atom stereocenters. The van der Waals surface area contributed by atoms with Crippen LogP contribution in [0.2, 0.25) is 0 Å². The number of aryl methyl sites for hydroxylation is 1. The Morgan fingerprint density at radius 1 is 1.34 bits per heavy atom. The van der Waals surface area contributed by atoms with E-state index >= 15 is 0 Å². The minimum absolute atomic E-state index is 0.0524. The van der Waals surface area contributed by atoms with E-state index in [0.717, 1.165) is 5.56 Å². The van der Waals surface area contributed by atoms with Gasteiger partial charge in [-0.05, 0) is 46.4 Å². The molecule has 0 saturated carbocycles. The second kappa shape index (κ2) is 7.83. The Kier molecular flexibility index (Phi) is 5.08. The topological polar surface area (TPSA) is 148 Å². The summed E-state index contributed by atoms with van der Waals surface area (Å²) in [6.45, 7) is -0.233. The van der Waals surface area contributed by atoms with Crippen molar-refractivity contribution in [2.24, 2.45) is 0 Å². The van der Waals surface area contributed by atoms with Crippen molar-refractivity contribution in [3.8, 4) is 11.5 Å². The number of halogens is 1. The van der Waals surface area contributed by atoms with Gasteiger partial charge in [0.1, 0.15) is 5.82 Å². The number of hydrogen-bond donors (Lipinski definition) is 3. The molecule has 3 N–H and O–H groups in total. The van der Waals surface area contributed by atoms with Crippen molar-refractivity contribution in [1.29, 1.82) is 0 Å². The molecular formula is C17H17FN6O5. The predicted octanol–water partition coefficient (Wildman–Crippen LogP) is 0.0814. The van der Waals surface area contributed by atoms with Crippen LogP contribution in [0, 0.1) is 5.82 Å². The smallest absolute Gasteiger partial charge is 0.395 e. The fourth-order valence-corrected chi connectivity index (χ4v) is 3.38. The first-order chi connectivity index (χ1) is 14.1. The summed E-state index contributed by atoms with van der Waals surface area (Å²) in [6, 6.07) is 3.98. The van der Waals surface area contributed by atoms with Crippen molar-refractivity contribution in [2.75, 3.05) is 25.0 Å². The van der Waals surface area contributed by atoms with E-state index in [1.165, 1.54) is 16.7 Å². The van der Waals surface area contributed by atoms with Gasteiger partial charge in [0.25, 0.3) is 0 Å². The number of aliphatic hydroxyl groups is 1. The number of carbonyl (C=O) groups excluding carboxylic acids is 1. The highest BCUT2D eigenvalue weighted by Gasteiger charge is 2.32. The third-order valence-corrected chi connectivity index (χ3v) is 4.65. The van der Waals surface area contributed by atoms with E-state index in [1.54, 1.807) is 6.07 Å². The van der Waals surface area contributed by atoms with E-state index in [1.807, 2.05) is 0 Å². The Morgan fingerprint density at radius 3 is 3.03 bits per heavy atom. The lowest BCUT2D eigenvalue weighted by Gasteiger charge is -2.13. The molecular weight excluding hydrogens is 387 g/mol. The van der Waals surface area contributed by atoms with Gasteiger partial charge in [-0.3, -0.25) is 9.32 Å². The van der Waals surface area contributed by atoms with Gasteiger partial charge in [-0.25, -0.2) is 18.4 Å². The van der Waals surface area contributed by atoms with E-state index < -0.39 is 17.6 Å². The minimum Gasteiger partial charge on any atom is -0.395 e. The minimum atomic E-state index is -0.725. The molecule has 11 nitrogen and oxygen atoms in total. The number of amides is 1. The fourth-order valence-electron chi connectivity index (χ4n) is 3.38. The SMILES string of the molecule is O=C(CNc1nonc1-c1noc(=O)n1C1CCc2ccc(F)cc21)NCCO. The van der Waals surface area contributed by atoms with Crippen LogP contribution in [0.3, 0.4) is 0 Å². The molecule has 0 bridgehead atoms. The number of fused-ring (bicyclic) bond motifs is 1. The quantitative estimate of drug-likeness (QED) is 0.498. The number of nitrogens with one attached hydrogen (secondary N) is 2. The summed E-state index contributed by atoms with van der Waals surface area (Å²) in [6.07, 6.45) is 1.23. The van der Waals surface area contributed by atoms with Gasteiger partial charge in [0.05, 0.1) is 19.2 Å². The number of anilines is 1. The molecule has 29 heavy (non-hydrogen) atoms. The Hall–Kier alpha value is -3.54. The van der Waals surface area contributed by atoms with Crippen LogP contribution in [0.15, 0.2) is 32.1 Å². The third kappa shape index (κ3) is 3.61. The zero-order valence-electron chi connectivity index (χ0n) is 15.1. The summed E-state index contributed by atoms with van der Waals surface area (Å²) >= 11 is 0. The lowest BCUT2D eigenvalue weighted by Crippen LogP contribution is -2.32. The van der Waals surface area contributed by atoms with Crippen molar-refractivity contribution in [3.05, 3.63) is 45.7 Å². The fraction of sp³-hybridized carbons (Fsp3) is 0.353. The molecule has 0 radical (unpaired) electrons. The maximum absolute atomic E-state index is 13.8. The zero-order chi connectivity index (χ0) is 20.4. The first-order valence-electron chi connectivity index (χ1n) is 8.89. The molecule has 4 rings (SSSR count). The van der Waals surface area contributed by atoms with Gasteiger partial charge >= 0.3 is 5.76 Å². The summed E-state index contributed by atoms with van der Waals surface area (Å²) in [4.78, 5) is 24.1. The summed E-state index contributed by atoms with van der Waals surface area (Å²) in [5, 5.41) is 25.2. The number of aliphatic hydroxyl groups excluding tert-OH is 1. The maximum Gasteiger partial charge on any atom is 0.442 e. The molecule has 0 fully saturated rings. The van der Waals surface area contributed by atoms with E-state index in [4.69, 9.17) is 14.3 Å². The monoisotopic (exact) mass is 404 g/mol. The van der Waals surface area contributed by atoms with Crippen LogP contribution in [0.1, 0.15) is 23.6 Å². The molecule has 1 amide bonds. The molecule has 2 aromatic heterocycles. The maximum atomic E-state index is 13.8. The molecule has 3 aromatic rings. The predicted molar refractivity (Wildman–Crippen MR) is 95.5 cm³/mol. The summed E-state index contributed by atoms with van der Waals surface area (Å²) in [5.41, 5.74) is 1.69. The van der Waals surface area contributed by atoms with Gasteiger partial charge in [-0.2, -0.15) is 0 Å². The van der Waals surface area contributed by atoms with Gasteiger partial charge in [0.15, 0.2) is 5.69 Å². The van der Waals surface area contributed by atoms with Crippen LogP contribution >= 0.6 is 0 Å². The average molecular weight is 404 g/mol. The number of carbonyl (C=O) groups is 1. The summed E-state index contributed by atoms with van der Waals surface area (Å²) in [7, 11) is 0. The largest absolute Gasteiger partial charge is 0.442 e. The Balaban J connectivity index is 1.63. The molecule has 12 heteroatoms. The summed E-state index contributed by atoms with van der Waals surface area (Å²) < 4.78 is 24.6. The van der Waals surface area contributed by atoms with Crippen LogP contribution in [0.5, 0.6) is 0 Å². The lowest BCUT2D eigenvalue weighted by atomic mass is 10.1. The van der Waals surface area contributed by atoms with Gasteiger partial charge < -0.3 is 15.7 Å². The van der Waals surface area contributed by atoms with E-state index in [-0.39, 0.29) is 42.9 Å². The third-order valence-electron chi connectivity index (χ3n) is 4.65.